The van der Waals surface area contributed by atoms with Crippen molar-refractivity contribution >= 4 is 23.2 Å². The number of carbonyl (C=O) groups is 1. The van der Waals surface area contributed by atoms with Crippen molar-refractivity contribution in [2.24, 2.45) is 10.9 Å². The van der Waals surface area contributed by atoms with Gasteiger partial charge in [0.1, 0.15) is 6.54 Å². The van der Waals surface area contributed by atoms with Crippen molar-refractivity contribution in [3.63, 3.8) is 0 Å². The minimum Gasteiger partial charge on any atom is -0.356 e. The molecule has 1 saturated carbocycles. The molecule has 1 fully saturated rings. The van der Waals surface area contributed by atoms with Crippen molar-refractivity contribution in [2.45, 2.75) is 38.5 Å². The van der Waals surface area contributed by atoms with E-state index in [9.17, 15) is 4.79 Å². The van der Waals surface area contributed by atoms with Crippen LogP contribution in [0.2, 0.25) is 0 Å². The maximum absolute atomic E-state index is 11.9. The van der Waals surface area contributed by atoms with Crippen molar-refractivity contribution in [2.75, 3.05) is 40.8 Å². The van der Waals surface area contributed by atoms with Crippen molar-refractivity contribution in [1.29, 1.82) is 0 Å². The number of nitrogens with one attached hydrogen (secondary N) is 1. The number of carbonyl (C=O) groups excluding carboxylic acids is 1. The van der Waals surface area contributed by atoms with E-state index in [1.807, 2.05) is 18.6 Å². The lowest BCUT2D eigenvalue weighted by Gasteiger charge is -2.26. The van der Waals surface area contributed by atoms with E-state index < -0.39 is 0 Å². The zero-order valence-corrected chi connectivity index (χ0v) is 16.5. The van der Waals surface area contributed by atoms with Crippen LogP contribution < -0.4 is 5.32 Å². The van der Waals surface area contributed by atoms with E-state index in [1.165, 1.54) is 32.1 Å². The fraction of sp³-hybridized carbons (Fsp3) is 0.722. The third-order valence-electron chi connectivity index (χ3n) is 4.64. The van der Waals surface area contributed by atoms with E-state index in [1.54, 1.807) is 30.3 Å². The highest BCUT2D eigenvalue weighted by Crippen LogP contribution is 2.22. The Morgan fingerprint density at radius 3 is 2.72 bits per heavy atom. The molecule has 0 atom stereocenters. The van der Waals surface area contributed by atoms with Gasteiger partial charge in [0.15, 0.2) is 5.96 Å². The van der Waals surface area contributed by atoms with Crippen LogP contribution in [0.25, 0.3) is 0 Å². The lowest BCUT2D eigenvalue weighted by Crippen LogP contribution is -2.43. The second-order valence-corrected chi connectivity index (χ2v) is 7.89. The lowest BCUT2D eigenvalue weighted by atomic mass is 9.89. The van der Waals surface area contributed by atoms with Gasteiger partial charge < -0.3 is 15.1 Å². The summed E-state index contributed by atoms with van der Waals surface area (Å²) in [5.74, 6) is 1.55. The molecule has 6 nitrogen and oxygen atoms in total. The number of rotatable bonds is 7. The normalized spacial score (nSPS) is 15.9. The minimum absolute atomic E-state index is 0.0188. The topological polar surface area (TPSA) is 60.8 Å². The molecule has 2 rings (SSSR count). The summed E-state index contributed by atoms with van der Waals surface area (Å²) in [6, 6.07) is 0. The van der Waals surface area contributed by atoms with Crippen molar-refractivity contribution in [3.8, 4) is 0 Å². The van der Waals surface area contributed by atoms with Crippen LogP contribution in [0, 0.1) is 5.92 Å². The fourth-order valence-electron chi connectivity index (χ4n) is 2.97. The molecule has 0 bridgehead atoms. The number of thiazole rings is 1. The first-order valence-electron chi connectivity index (χ1n) is 9.14. The van der Waals surface area contributed by atoms with Gasteiger partial charge in [0.05, 0.1) is 5.01 Å². The molecule has 0 radical (unpaired) electrons. The first kappa shape index (κ1) is 19.7. The van der Waals surface area contributed by atoms with Crippen LogP contribution in [-0.2, 0) is 11.2 Å². The third-order valence-corrected chi connectivity index (χ3v) is 5.48. The average Bonchev–Trinajstić information content (AvgIpc) is 3.13. The molecule has 1 N–H and O–H groups in total. The third kappa shape index (κ3) is 7.02. The Bertz CT molecular complexity index is 538. The molecule has 0 aliphatic heterocycles. The molecular formula is C18H31N5OS. The first-order chi connectivity index (χ1) is 12.1. The Morgan fingerprint density at radius 2 is 2.08 bits per heavy atom. The number of hydrogen-bond acceptors (Lipinski definition) is 4. The number of guanidine groups is 1. The number of hydrogen-bond donors (Lipinski definition) is 1. The molecule has 1 aliphatic rings. The van der Waals surface area contributed by atoms with Gasteiger partial charge >= 0.3 is 0 Å². The Kier molecular flexibility index (Phi) is 8.18. The van der Waals surface area contributed by atoms with Gasteiger partial charge in [-0.1, -0.05) is 19.3 Å². The molecule has 7 heteroatoms. The van der Waals surface area contributed by atoms with Crippen molar-refractivity contribution in [3.05, 3.63) is 16.6 Å². The molecule has 1 aromatic rings. The second kappa shape index (κ2) is 10.4. The van der Waals surface area contributed by atoms with E-state index >= 15 is 0 Å². The zero-order valence-electron chi connectivity index (χ0n) is 15.7. The monoisotopic (exact) mass is 365 g/mol. The summed E-state index contributed by atoms with van der Waals surface area (Å²) in [6.07, 6.45) is 9.34. The Hall–Kier alpha value is -1.63. The fourth-order valence-corrected chi connectivity index (χ4v) is 3.58. The highest BCUT2D eigenvalue weighted by atomic mass is 32.1. The Morgan fingerprint density at radius 1 is 1.32 bits per heavy atom. The molecule has 1 aromatic heterocycles. The summed E-state index contributed by atoms with van der Waals surface area (Å²) in [6.45, 7) is 1.96. The van der Waals surface area contributed by atoms with Gasteiger partial charge in [-0.25, -0.2) is 9.98 Å². The summed E-state index contributed by atoms with van der Waals surface area (Å²) < 4.78 is 0. The molecule has 25 heavy (non-hydrogen) atoms. The van der Waals surface area contributed by atoms with Crippen molar-refractivity contribution in [1.82, 2.24) is 20.1 Å². The van der Waals surface area contributed by atoms with Gasteiger partial charge in [-0.05, 0) is 18.8 Å². The Labute approximate surface area is 155 Å². The molecule has 0 aromatic carbocycles. The van der Waals surface area contributed by atoms with Gasteiger partial charge in [0.25, 0.3) is 0 Å². The molecule has 1 aliphatic carbocycles. The first-order valence-corrected chi connectivity index (χ1v) is 10.0. The SMILES string of the molecule is CN(C)C(=O)CN=C(NCC1CCCCC1)N(C)CCc1nccs1. The molecule has 1 heterocycles. The maximum Gasteiger partial charge on any atom is 0.243 e. The maximum atomic E-state index is 11.9. The molecular weight excluding hydrogens is 334 g/mol. The quantitative estimate of drug-likeness (QED) is 0.595. The van der Waals surface area contributed by atoms with E-state index in [-0.39, 0.29) is 12.5 Å². The van der Waals surface area contributed by atoms with Crippen LogP contribution in [0.3, 0.4) is 0 Å². The molecule has 0 saturated heterocycles. The van der Waals surface area contributed by atoms with Crippen molar-refractivity contribution < 1.29 is 4.79 Å². The van der Waals surface area contributed by atoms with E-state index in [4.69, 9.17) is 0 Å². The van der Waals surface area contributed by atoms with Gasteiger partial charge in [-0.15, -0.1) is 11.3 Å². The molecule has 0 unspecified atom stereocenters. The number of likely N-dealkylation sites (N-methyl/N-ethyl adjacent to an activating group) is 2. The van der Waals surface area contributed by atoms with Gasteiger partial charge in [-0.2, -0.15) is 0 Å². The number of aromatic nitrogens is 1. The molecule has 140 valence electrons. The summed E-state index contributed by atoms with van der Waals surface area (Å²) in [5.41, 5.74) is 0. The smallest absolute Gasteiger partial charge is 0.243 e. The van der Waals surface area contributed by atoms with Gasteiger partial charge in [0.2, 0.25) is 5.91 Å². The summed E-state index contributed by atoms with van der Waals surface area (Å²) in [4.78, 5) is 24.5. The summed E-state index contributed by atoms with van der Waals surface area (Å²) >= 11 is 1.68. The zero-order chi connectivity index (χ0) is 18.1. The second-order valence-electron chi connectivity index (χ2n) is 6.91. The number of aliphatic imine (C=N–C) groups is 1. The van der Waals surface area contributed by atoms with Crippen LogP contribution in [0.1, 0.15) is 37.1 Å². The van der Waals surface area contributed by atoms with Gasteiger partial charge in [-0.3, -0.25) is 4.79 Å². The average molecular weight is 366 g/mol. The standard InChI is InChI=1S/C18H31N5OS/c1-22(2)17(24)14-21-18(20-13-15-7-5-4-6-8-15)23(3)11-9-16-19-10-12-25-16/h10,12,15H,4-9,11,13-14H2,1-3H3,(H,20,21). The number of nitrogens with zero attached hydrogens (tertiary/aromatic N) is 4. The van der Waals surface area contributed by atoms with Crippen LogP contribution in [0.4, 0.5) is 0 Å². The Balaban J connectivity index is 1.91. The van der Waals surface area contributed by atoms with E-state index in [2.05, 4.69) is 20.2 Å². The molecule has 0 spiro atoms. The summed E-state index contributed by atoms with van der Waals surface area (Å²) in [7, 11) is 5.55. The van der Waals surface area contributed by atoms with Crippen LogP contribution in [0.15, 0.2) is 16.6 Å². The highest BCUT2D eigenvalue weighted by molar-refractivity contribution is 7.09. The largest absolute Gasteiger partial charge is 0.356 e. The lowest BCUT2D eigenvalue weighted by molar-refractivity contribution is -0.127. The van der Waals surface area contributed by atoms with E-state index in [0.29, 0.717) is 0 Å². The highest BCUT2D eigenvalue weighted by Gasteiger charge is 2.15. The number of amides is 1. The van der Waals surface area contributed by atoms with E-state index in [0.717, 1.165) is 36.4 Å². The molecule has 1 amide bonds. The summed E-state index contributed by atoms with van der Waals surface area (Å²) in [5, 5.41) is 6.63. The van der Waals surface area contributed by atoms with Crippen LogP contribution >= 0.6 is 11.3 Å². The minimum atomic E-state index is 0.0188. The predicted octanol–water partition coefficient (Wildman–Crippen LogP) is 2.23. The van der Waals surface area contributed by atoms with Crippen LogP contribution in [-0.4, -0.2) is 67.4 Å². The predicted molar refractivity (Wildman–Crippen MR) is 104 cm³/mol. The van der Waals surface area contributed by atoms with Gasteiger partial charge in [0, 0.05) is 52.2 Å². The van der Waals surface area contributed by atoms with Crippen LogP contribution in [0.5, 0.6) is 0 Å².